The van der Waals surface area contributed by atoms with Crippen LogP contribution in [-0.2, 0) is 17.6 Å². The predicted octanol–water partition coefficient (Wildman–Crippen LogP) is 3.56. The average Bonchev–Trinajstić information content (AvgIpc) is 2.51. The fourth-order valence-electron chi connectivity index (χ4n) is 1.94. The van der Waals surface area contributed by atoms with Gasteiger partial charge in [-0.05, 0) is 60.4 Å². The lowest BCUT2D eigenvalue weighted by Gasteiger charge is -1.96. The van der Waals surface area contributed by atoms with Crippen molar-refractivity contribution in [3.05, 3.63) is 84.0 Å². The van der Waals surface area contributed by atoms with Gasteiger partial charge in [-0.3, -0.25) is 4.79 Å². The molecular weight excluding hydrogens is 276 g/mol. The summed E-state index contributed by atoms with van der Waals surface area (Å²) in [5, 5.41) is 18.4. The van der Waals surface area contributed by atoms with Crippen molar-refractivity contribution in [3.8, 4) is 11.5 Å². The number of benzene rings is 2. The fraction of sp³-hybridized carbons (Fsp3) is 0.105. The second kappa shape index (κ2) is 7.84. The molecule has 0 fully saturated rings. The minimum absolute atomic E-state index is 0.0578. The van der Waals surface area contributed by atoms with Crippen LogP contribution in [0.5, 0.6) is 11.5 Å². The Bertz CT molecular complexity index is 605. The highest BCUT2D eigenvalue weighted by Gasteiger charge is 1.93. The highest BCUT2D eigenvalue weighted by molar-refractivity contribution is 5.99. The lowest BCUT2D eigenvalue weighted by molar-refractivity contribution is -0.110. The molecule has 2 rings (SSSR count). The zero-order valence-electron chi connectivity index (χ0n) is 12.1. The summed E-state index contributed by atoms with van der Waals surface area (Å²) in [6.45, 7) is 0. The zero-order chi connectivity index (χ0) is 15.8. The zero-order valence-corrected chi connectivity index (χ0v) is 12.1. The van der Waals surface area contributed by atoms with E-state index in [1.54, 1.807) is 48.6 Å². The number of ketones is 1. The van der Waals surface area contributed by atoms with Gasteiger partial charge in [-0.2, -0.15) is 0 Å². The Morgan fingerprint density at radius 3 is 1.45 bits per heavy atom. The van der Waals surface area contributed by atoms with Gasteiger partial charge in [0.2, 0.25) is 0 Å². The van der Waals surface area contributed by atoms with Crippen molar-refractivity contribution in [1.82, 2.24) is 0 Å². The first-order valence-corrected chi connectivity index (χ1v) is 7.06. The van der Waals surface area contributed by atoms with E-state index in [0.717, 1.165) is 11.1 Å². The number of aromatic hydroxyl groups is 2. The van der Waals surface area contributed by atoms with Gasteiger partial charge in [-0.25, -0.2) is 0 Å². The van der Waals surface area contributed by atoms with Crippen LogP contribution in [0, 0.1) is 0 Å². The lowest BCUT2D eigenvalue weighted by atomic mass is 10.1. The van der Waals surface area contributed by atoms with Gasteiger partial charge in [-0.1, -0.05) is 36.4 Å². The molecule has 2 aromatic carbocycles. The van der Waals surface area contributed by atoms with Crippen molar-refractivity contribution in [2.45, 2.75) is 12.8 Å². The molecule has 0 heterocycles. The summed E-state index contributed by atoms with van der Waals surface area (Å²) in [5.41, 5.74) is 2.07. The third kappa shape index (κ3) is 5.29. The number of rotatable bonds is 6. The molecule has 0 amide bonds. The van der Waals surface area contributed by atoms with E-state index < -0.39 is 0 Å². The maximum absolute atomic E-state index is 11.7. The van der Waals surface area contributed by atoms with Crippen LogP contribution in [-0.4, -0.2) is 16.0 Å². The summed E-state index contributed by atoms with van der Waals surface area (Å²) in [4.78, 5) is 11.7. The van der Waals surface area contributed by atoms with E-state index in [1.165, 1.54) is 0 Å². The van der Waals surface area contributed by atoms with Gasteiger partial charge in [0.25, 0.3) is 0 Å². The highest BCUT2D eigenvalue weighted by atomic mass is 16.3. The summed E-state index contributed by atoms with van der Waals surface area (Å²) in [6.07, 6.45) is 8.00. The number of allylic oxidation sites excluding steroid dienone is 4. The van der Waals surface area contributed by atoms with Gasteiger partial charge in [0.05, 0.1) is 0 Å². The molecule has 0 aliphatic heterocycles. The maximum Gasteiger partial charge on any atom is 0.178 e. The third-order valence-electron chi connectivity index (χ3n) is 3.14. The molecule has 2 aromatic rings. The van der Waals surface area contributed by atoms with Crippen LogP contribution in [0.15, 0.2) is 72.8 Å². The Morgan fingerprint density at radius 1 is 0.727 bits per heavy atom. The topological polar surface area (TPSA) is 57.5 Å². The monoisotopic (exact) mass is 294 g/mol. The van der Waals surface area contributed by atoms with Crippen LogP contribution in [0.2, 0.25) is 0 Å². The lowest BCUT2D eigenvalue weighted by Crippen LogP contribution is -1.88. The molecule has 0 aromatic heterocycles. The molecule has 0 aliphatic rings. The Balaban J connectivity index is 1.79. The number of hydrogen-bond acceptors (Lipinski definition) is 3. The van der Waals surface area contributed by atoms with Crippen LogP contribution >= 0.6 is 0 Å². The standard InChI is InChI=1S/C19H18O3/c20-17(5-1-3-15-7-11-18(21)12-8-15)6-2-4-16-9-13-19(22)14-10-16/h1-2,5-14,21-22H,3-4H2. The van der Waals surface area contributed by atoms with E-state index in [-0.39, 0.29) is 17.3 Å². The van der Waals surface area contributed by atoms with Gasteiger partial charge in [-0.15, -0.1) is 0 Å². The van der Waals surface area contributed by atoms with E-state index in [4.69, 9.17) is 0 Å². The van der Waals surface area contributed by atoms with Crippen molar-refractivity contribution in [1.29, 1.82) is 0 Å². The molecule has 0 spiro atoms. The normalized spacial score (nSPS) is 11.3. The molecule has 22 heavy (non-hydrogen) atoms. The number of carbonyl (C=O) groups is 1. The molecule has 112 valence electrons. The minimum Gasteiger partial charge on any atom is -0.508 e. The first kappa shape index (κ1) is 15.6. The molecule has 0 saturated carbocycles. The molecule has 2 N–H and O–H groups in total. The SMILES string of the molecule is O=C(C=CCc1ccc(O)cc1)C=CCc1ccc(O)cc1. The van der Waals surface area contributed by atoms with Crippen LogP contribution in [0.4, 0.5) is 0 Å². The second-order valence-corrected chi connectivity index (χ2v) is 4.95. The van der Waals surface area contributed by atoms with E-state index in [9.17, 15) is 15.0 Å². The first-order valence-electron chi connectivity index (χ1n) is 7.06. The smallest absolute Gasteiger partial charge is 0.178 e. The number of phenols is 2. The molecule has 0 bridgehead atoms. The summed E-state index contributed by atoms with van der Waals surface area (Å²) in [6, 6.07) is 13.8. The maximum atomic E-state index is 11.7. The molecule has 0 saturated heterocycles. The summed E-state index contributed by atoms with van der Waals surface area (Å²) in [7, 11) is 0. The van der Waals surface area contributed by atoms with Gasteiger partial charge < -0.3 is 10.2 Å². The van der Waals surface area contributed by atoms with E-state index >= 15 is 0 Å². The first-order chi connectivity index (χ1) is 10.6. The van der Waals surface area contributed by atoms with E-state index in [1.807, 2.05) is 24.3 Å². The van der Waals surface area contributed by atoms with Crippen molar-refractivity contribution < 1.29 is 15.0 Å². The molecule has 0 radical (unpaired) electrons. The van der Waals surface area contributed by atoms with Crippen molar-refractivity contribution in [2.75, 3.05) is 0 Å². The Morgan fingerprint density at radius 2 is 1.09 bits per heavy atom. The third-order valence-corrected chi connectivity index (χ3v) is 3.14. The van der Waals surface area contributed by atoms with E-state index in [0.29, 0.717) is 12.8 Å². The van der Waals surface area contributed by atoms with E-state index in [2.05, 4.69) is 0 Å². The van der Waals surface area contributed by atoms with Gasteiger partial charge in [0, 0.05) is 0 Å². The van der Waals surface area contributed by atoms with Crippen molar-refractivity contribution >= 4 is 5.78 Å². The molecule has 3 heteroatoms. The molecule has 3 nitrogen and oxygen atoms in total. The number of hydrogen-bond donors (Lipinski definition) is 2. The number of carbonyl (C=O) groups excluding carboxylic acids is 1. The molecular formula is C19H18O3. The average molecular weight is 294 g/mol. The predicted molar refractivity (Wildman–Crippen MR) is 86.9 cm³/mol. The van der Waals surface area contributed by atoms with Gasteiger partial charge >= 0.3 is 0 Å². The molecule has 0 unspecified atom stereocenters. The van der Waals surface area contributed by atoms with Crippen molar-refractivity contribution in [3.63, 3.8) is 0 Å². The van der Waals surface area contributed by atoms with Crippen LogP contribution in [0.3, 0.4) is 0 Å². The minimum atomic E-state index is -0.0578. The quantitative estimate of drug-likeness (QED) is 0.801. The second-order valence-electron chi connectivity index (χ2n) is 4.95. The summed E-state index contributed by atoms with van der Waals surface area (Å²) < 4.78 is 0. The van der Waals surface area contributed by atoms with Crippen molar-refractivity contribution in [2.24, 2.45) is 0 Å². The Kier molecular flexibility index (Phi) is 5.55. The van der Waals surface area contributed by atoms with Crippen LogP contribution in [0.1, 0.15) is 11.1 Å². The van der Waals surface area contributed by atoms with Crippen LogP contribution in [0.25, 0.3) is 0 Å². The molecule has 0 aliphatic carbocycles. The molecule has 0 atom stereocenters. The fourth-order valence-corrected chi connectivity index (χ4v) is 1.94. The van der Waals surface area contributed by atoms with Gasteiger partial charge in [0.1, 0.15) is 11.5 Å². The summed E-state index contributed by atoms with van der Waals surface area (Å²) in [5.74, 6) is 0.416. The Hall–Kier alpha value is -2.81. The highest BCUT2D eigenvalue weighted by Crippen LogP contribution is 2.11. The largest absolute Gasteiger partial charge is 0.508 e. The summed E-state index contributed by atoms with van der Waals surface area (Å²) >= 11 is 0. The van der Waals surface area contributed by atoms with Gasteiger partial charge in [0.15, 0.2) is 5.78 Å². The van der Waals surface area contributed by atoms with Crippen LogP contribution < -0.4 is 0 Å². The Labute approximate surface area is 129 Å². The number of phenolic OH excluding ortho intramolecular Hbond substituents is 2.